The summed E-state index contributed by atoms with van der Waals surface area (Å²) in [6, 6.07) is 2.03. The lowest BCUT2D eigenvalue weighted by Gasteiger charge is -2.28. The van der Waals surface area contributed by atoms with Crippen molar-refractivity contribution in [1.29, 1.82) is 0 Å². The van der Waals surface area contributed by atoms with Gasteiger partial charge in [0.1, 0.15) is 11.9 Å². The standard InChI is InChI=1S/C26H37N7O/c1-26(2)11-10-17(16-26)20-15-22(31-30-20)28-23-18-7-5-8-19(18)27-25(29-23)33-14-6-9-21(33)24(34)32-12-3-4-13-32/h15,17,21H,3-14,16H2,1-2H3,(H2,27,28,29,30,31)/t17-,21-/m1/s1. The first-order chi connectivity index (χ1) is 16.5. The van der Waals surface area contributed by atoms with E-state index in [1.54, 1.807) is 0 Å². The number of likely N-dealkylation sites (tertiary alicyclic amines) is 1. The maximum atomic E-state index is 13.2. The highest BCUT2D eigenvalue weighted by Crippen LogP contribution is 2.45. The third-order valence-electron chi connectivity index (χ3n) is 8.39. The molecule has 1 saturated carbocycles. The van der Waals surface area contributed by atoms with E-state index in [9.17, 15) is 4.79 Å². The molecule has 3 fully saturated rings. The van der Waals surface area contributed by atoms with E-state index in [0.29, 0.717) is 17.3 Å². The van der Waals surface area contributed by atoms with Crippen LogP contribution in [0.5, 0.6) is 0 Å². The summed E-state index contributed by atoms with van der Waals surface area (Å²) in [6.45, 7) is 7.33. The third-order valence-corrected chi connectivity index (χ3v) is 8.39. The zero-order valence-electron chi connectivity index (χ0n) is 20.6. The Hall–Kier alpha value is -2.64. The van der Waals surface area contributed by atoms with Crippen molar-refractivity contribution in [2.45, 2.75) is 90.0 Å². The van der Waals surface area contributed by atoms with Crippen molar-refractivity contribution in [3.05, 3.63) is 23.0 Å². The van der Waals surface area contributed by atoms with E-state index in [0.717, 1.165) is 81.9 Å². The summed E-state index contributed by atoms with van der Waals surface area (Å²) in [7, 11) is 0. The number of aromatic nitrogens is 4. The molecule has 0 bridgehead atoms. The Balaban J connectivity index is 1.25. The molecule has 2 aliphatic heterocycles. The van der Waals surface area contributed by atoms with Crippen LogP contribution in [0.4, 0.5) is 17.6 Å². The van der Waals surface area contributed by atoms with Gasteiger partial charge in [-0.1, -0.05) is 13.8 Å². The second-order valence-corrected chi connectivity index (χ2v) is 11.5. The average molecular weight is 464 g/mol. The largest absolute Gasteiger partial charge is 0.341 e. The molecule has 8 heteroatoms. The molecule has 2 aromatic heterocycles. The van der Waals surface area contributed by atoms with Crippen molar-refractivity contribution in [1.82, 2.24) is 25.1 Å². The van der Waals surface area contributed by atoms with Gasteiger partial charge in [-0.3, -0.25) is 9.89 Å². The Morgan fingerprint density at radius 2 is 1.94 bits per heavy atom. The molecule has 6 rings (SSSR count). The van der Waals surface area contributed by atoms with Crippen LogP contribution in [-0.2, 0) is 17.6 Å². The molecule has 0 aromatic carbocycles. The Morgan fingerprint density at radius 3 is 2.74 bits per heavy atom. The van der Waals surface area contributed by atoms with Crippen LogP contribution in [0, 0.1) is 5.41 Å². The van der Waals surface area contributed by atoms with E-state index in [1.165, 1.54) is 30.5 Å². The fourth-order valence-corrected chi connectivity index (χ4v) is 6.50. The summed E-state index contributed by atoms with van der Waals surface area (Å²) in [4.78, 5) is 27.3. The molecule has 34 heavy (non-hydrogen) atoms. The first-order valence-electron chi connectivity index (χ1n) is 13.2. The lowest BCUT2D eigenvalue weighted by Crippen LogP contribution is -2.45. The zero-order chi connectivity index (χ0) is 23.3. The van der Waals surface area contributed by atoms with Crippen LogP contribution >= 0.6 is 0 Å². The predicted octanol–water partition coefficient (Wildman–Crippen LogP) is 4.32. The minimum atomic E-state index is -0.131. The van der Waals surface area contributed by atoms with Gasteiger partial charge in [0.25, 0.3) is 0 Å². The molecule has 4 heterocycles. The second-order valence-electron chi connectivity index (χ2n) is 11.5. The number of nitrogens with zero attached hydrogens (tertiary/aromatic N) is 5. The third kappa shape index (κ3) is 4.05. The van der Waals surface area contributed by atoms with Crippen LogP contribution in [0.1, 0.15) is 88.1 Å². The van der Waals surface area contributed by atoms with Gasteiger partial charge in [-0.2, -0.15) is 10.1 Å². The molecular weight excluding hydrogens is 426 g/mol. The monoisotopic (exact) mass is 463 g/mol. The number of hydrogen-bond donors (Lipinski definition) is 2. The molecule has 0 spiro atoms. The van der Waals surface area contributed by atoms with E-state index in [2.05, 4.69) is 40.3 Å². The molecule has 2 N–H and O–H groups in total. The lowest BCUT2D eigenvalue weighted by molar-refractivity contribution is -0.131. The number of amides is 1. The number of carbonyl (C=O) groups is 1. The number of fused-ring (bicyclic) bond motifs is 1. The van der Waals surface area contributed by atoms with Gasteiger partial charge in [-0.15, -0.1) is 0 Å². The van der Waals surface area contributed by atoms with Crippen LogP contribution in [0.15, 0.2) is 6.07 Å². The molecule has 1 amide bonds. The van der Waals surface area contributed by atoms with E-state index >= 15 is 0 Å². The molecule has 4 aliphatic rings. The van der Waals surface area contributed by atoms with E-state index in [-0.39, 0.29) is 11.9 Å². The van der Waals surface area contributed by atoms with E-state index < -0.39 is 0 Å². The number of aromatic amines is 1. The normalized spacial score (nSPS) is 25.8. The Bertz CT molecular complexity index is 1070. The van der Waals surface area contributed by atoms with Crippen molar-refractivity contribution in [2.24, 2.45) is 5.41 Å². The number of rotatable bonds is 5. The van der Waals surface area contributed by atoms with Gasteiger partial charge in [0.2, 0.25) is 11.9 Å². The fourth-order valence-electron chi connectivity index (χ4n) is 6.50. The number of hydrogen-bond acceptors (Lipinski definition) is 6. The molecule has 2 aliphatic carbocycles. The molecular formula is C26H37N7O. The summed E-state index contributed by atoms with van der Waals surface area (Å²) >= 11 is 0. The first-order valence-corrected chi connectivity index (χ1v) is 13.2. The quantitative estimate of drug-likeness (QED) is 0.687. The van der Waals surface area contributed by atoms with Gasteiger partial charge >= 0.3 is 0 Å². The lowest BCUT2D eigenvalue weighted by atomic mass is 9.90. The maximum Gasteiger partial charge on any atom is 0.245 e. The predicted molar refractivity (Wildman–Crippen MR) is 132 cm³/mol. The summed E-state index contributed by atoms with van der Waals surface area (Å²) in [5, 5.41) is 11.4. The van der Waals surface area contributed by atoms with Crippen molar-refractivity contribution in [2.75, 3.05) is 29.9 Å². The van der Waals surface area contributed by atoms with Crippen molar-refractivity contribution >= 4 is 23.5 Å². The van der Waals surface area contributed by atoms with Crippen molar-refractivity contribution < 1.29 is 4.79 Å². The Morgan fingerprint density at radius 1 is 1.09 bits per heavy atom. The topological polar surface area (TPSA) is 90.0 Å². The molecule has 8 nitrogen and oxygen atoms in total. The molecule has 0 unspecified atom stereocenters. The number of anilines is 3. The SMILES string of the molecule is CC1(C)CC[C@@H](c2cc(Nc3nc(N4CCC[C@@H]4C(=O)N4CCCC4)nc4c3CCC4)n[nH]2)C1. The van der Waals surface area contributed by atoms with Crippen LogP contribution < -0.4 is 10.2 Å². The second kappa shape index (κ2) is 8.54. The van der Waals surface area contributed by atoms with Crippen LogP contribution in [-0.4, -0.2) is 56.6 Å². The minimum Gasteiger partial charge on any atom is -0.341 e. The molecule has 182 valence electrons. The highest BCUT2D eigenvalue weighted by molar-refractivity contribution is 5.85. The van der Waals surface area contributed by atoms with Crippen LogP contribution in [0.2, 0.25) is 0 Å². The summed E-state index contributed by atoms with van der Waals surface area (Å²) in [5.74, 6) is 3.19. The molecule has 0 radical (unpaired) electrons. The highest BCUT2D eigenvalue weighted by Gasteiger charge is 2.37. The van der Waals surface area contributed by atoms with Gasteiger partial charge < -0.3 is 15.1 Å². The minimum absolute atomic E-state index is 0.131. The van der Waals surface area contributed by atoms with Gasteiger partial charge in [-0.05, 0) is 69.6 Å². The Kier molecular flexibility index (Phi) is 5.49. The highest BCUT2D eigenvalue weighted by atomic mass is 16.2. The molecule has 2 atom stereocenters. The molecule has 2 saturated heterocycles. The summed E-state index contributed by atoms with van der Waals surface area (Å²) in [5.41, 5.74) is 3.96. The van der Waals surface area contributed by atoms with Gasteiger partial charge in [0, 0.05) is 42.9 Å². The van der Waals surface area contributed by atoms with E-state index in [4.69, 9.17) is 9.97 Å². The van der Waals surface area contributed by atoms with Crippen LogP contribution in [0.3, 0.4) is 0 Å². The molecule has 2 aromatic rings. The summed E-state index contributed by atoms with van der Waals surface area (Å²) in [6.07, 6.45) is 10.9. The number of carbonyl (C=O) groups excluding carboxylic acids is 1. The van der Waals surface area contributed by atoms with Crippen LogP contribution in [0.25, 0.3) is 0 Å². The van der Waals surface area contributed by atoms with Crippen molar-refractivity contribution in [3.8, 4) is 0 Å². The number of aryl methyl sites for hydroxylation is 1. The smallest absolute Gasteiger partial charge is 0.245 e. The fraction of sp³-hybridized carbons (Fsp3) is 0.692. The zero-order valence-corrected chi connectivity index (χ0v) is 20.6. The Labute approximate surface area is 201 Å². The first kappa shape index (κ1) is 21.9. The number of nitrogens with one attached hydrogen (secondary N) is 2. The summed E-state index contributed by atoms with van der Waals surface area (Å²) < 4.78 is 0. The number of H-pyrrole nitrogens is 1. The van der Waals surface area contributed by atoms with Gasteiger partial charge in [-0.25, -0.2) is 4.98 Å². The average Bonchev–Trinajstić information content (AvgIpc) is 3.63. The van der Waals surface area contributed by atoms with Gasteiger partial charge in [0.15, 0.2) is 5.82 Å². The van der Waals surface area contributed by atoms with E-state index in [1.807, 2.05) is 4.90 Å². The van der Waals surface area contributed by atoms with Gasteiger partial charge in [0.05, 0.1) is 5.69 Å². The van der Waals surface area contributed by atoms with Crippen molar-refractivity contribution in [3.63, 3.8) is 0 Å². The maximum absolute atomic E-state index is 13.2.